The molecule has 0 aliphatic heterocycles. The van der Waals surface area contributed by atoms with Crippen LogP contribution in [0.5, 0.6) is 0 Å². The van der Waals surface area contributed by atoms with Crippen LogP contribution in [0.4, 0.5) is 5.69 Å². The van der Waals surface area contributed by atoms with Gasteiger partial charge >= 0.3 is 0 Å². The van der Waals surface area contributed by atoms with Crippen molar-refractivity contribution in [3.8, 4) is 0 Å². The van der Waals surface area contributed by atoms with Crippen LogP contribution in [0.3, 0.4) is 0 Å². The number of carbonyl (C=O) groups excluding carboxylic acids is 1. The third kappa shape index (κ3) is 3.38. The number of halogens is 3. The summed E-state index contributed by atoms with van der Waals surface area (Å²) in [6, 6.07) is 6.66. The minimum absolute atomic E-state index is 0.205. The second-order valence-corrected chi connectivity index (χ2v) is 5.11. The summed E-state index contributed by atoms with van der Waals surface area (Å²) in [5.74, 6) is -0.366. The fourth-order valence-electron chi connectivity index (χ4n) is 1.46. The molecule has 1 N–H and O–H groups in total. The number of nitrogens with one attached hydrogen (secondary N) is 1. The molecular weight excluding hydrogens is 307 g/mol. The predicted molar refractivity (Wildman–Crippen MR) is 78.4 cm³/mol. The zero-order chi connectivity index (χ0) is 14.0. The number of carbonyl (C=O) groups is 1. The fourth-order valence-corrected chi connectivity index (χ4v) is 1.98. The molecule has 1 aromatic carbocycles. The highest BCUT2D eigenvalue weighted by molar-refractivity contribution is 6.35. The third-order valence-electron chi connectivity index (χ3n) is 2.50. The van der Waals surface area contributed by atoms with E-state index in [9.17, 15) is 4.79 Å². The van der Waals surface area contributed by atoms with E-state index in [1.807, 2.05) is 13.0 Å². The molecule has 0 aliphatic carbocycles. The molecule has 0 atom stereocenters. The Kier molecular flexibility index (Phi) is 4.30. The highest BCUT2D eigenvalue weighted by atomic mass is 35.5. The highest BCUT2D eigenvalue weighted by Gasteiger charge is 2.12. The number of rotatable bonds is 2. The Hall–Kier alpha value is -1.29. The van der Waals surface area contributed by atoms with E-state index < -0.39 is 0 Å². The van der Waals surface area contributed by atoms with Crippen molar-refractivity contribution in [1.29, 1.82) is 0 Å². The van der Waals surface area contributed by atoms with Crippen molar-refractivity contribution in [1.82, 2.24) is 4.98 Å². The lowest BCUT2D eigenvalue weighted by Gasteiger charge is -2.08. The SMILES string of the molecule is Cc1ccc(NC(=O)c2cc(Cl)ncc2Cl)cc1Cl. The molecule has 6 heteroatoms. The molecule has 0 saturated carbocycles. The topological polar surface area (TPSA) is 42.0 Å². The number of pyridine rings is 1. The van der Waals surface area contributed by atoms with Crippen molar-refractivity contribution in [3.05, 3.63) is 56.8 Å². The van der Waals surface area contributed by atoms with Crippen molar-refractivity contribution in [2.24, 2.45) is 0 Å². The molecule has 0 radical (unpaired) electrons. The first-order valence-corrected chi connectivity index (χ1v) is 6.49. The van der Waals surface area contributed by atoms with E-state index in [1.165, 1.54) is 12.3 Å². The predicted octanol–water partition coefficient (Wildman–Crippen LogP) is 4.60. The molecule has 0 unspecified atom stereocenters. The largest absolute Gasteiger partial charge is 0.322 e. The molecule has 19 heavy (non-hydrogen) atoms. The number of hydrogen-bond donors (Lipinski definition) is 1. The molecule has 0 saturated heterocycles. The van der Waals surface area contributed by atoms with Crippen molar-refractivity contribution >= 4 is 46.4 Å². The van der Waals surface area contributed by atoms with E-state index in [1.54, 1.807) is 12.1 Å². The van der Waals surface area contributed by atoms with Gasteiger partial charge in [-0.25, -0.2) is 4.98 Å². The Bertz CT molecular complexity index is 644. The van der Waals surface area contributed by atoms with E-state index in [2.05, 4.69) is 10.3 Å². The maximum absolute atomic E-state index is 12.1. The van der Waals surface area contributed by atoms with Crippen LogP contribution in [0.15, 0.2) is 30.5 Å². The first-order valence-electron chi connectivity index (χ1n) is 5.36. The zero-order valence-corrected chi connectivity index (χ0v) is 12.1. The van der Waals surface area contributed by atoms with Crippen LogP contribution in [-0.2, 0) is 0 Å². The van der Waals surface area contributed by atoms with E-state index in [4.69, 9.17) is 34.8 Å². The number of nitrogens with zero attached hydrogens (tertiary/aromatic N) is 1. The maximum atomic E-state index is 12.1. The summed E-state index contributed by atoms with van der Waals surface area (Å²) in [4.78, 5) is 15.8. The molecule has 1 heterocycles. The minimum atomic E-state index is -0.366. The zero-order valence-electron chi connectivity index (χ0n) is 9.88. The highest BCUT2D eigenvalue weighted by Crippen LogP contribution is 2.22. The maximum Gasteiger partial charge on any atom is 0.257 e. The number of amides is 1. The van der Waals surface area contributed by atoms with E-state index in [-0.39, 0.29) is 21.6 Å². The summed E-state index contributed by atoms with van der Waals surface area (Å²) >= 11 is 17.6. The van der Waals surface area contributed by atoms with Gasteiger partial charge in [0, 0.05) is 16.9 Å². The molecule has 0 spiro atoms. The molecular formula is C13H9Cl3N2O. The Morgan fingerprint density at radius 1 is 1.16 bits per heavy atom. The lowest BCUT2D eigenvalue weighted by molar-refractivity contribution is 0.102. The van der Waals surface area contributed by atoms with E-state index in [0.29, 0.717) is 10.7 Å². The summed E-state index contributed by atoms with van der Waals surface area (Å²) in [6.07, 6.45) is 1.33. The van der Waals surface area contributed by atoms with Gasteiger partial charge in [-0.3, -0.25) is 4.79 Å². The summed E-state index contributed by atoms with van der Waals surface area (Å²) in [7, 11) is 0. The normalized spacial score (nSPS) is 10.3. The molecule has 2 rings (SSSR count). The average Bonchev–Trinajstić information content (AvgIpc) is 2.36. The number of anilines is 1. The van der Waals surface area contributed by atoms with Crippen LogP contribution in [0.25, 0.3) is 0 Å². The van der Waals surface area contributed by atoms with Gasteiger partial charge < -0.3 is 5.32 Å². The van der Waals surface area contributed by atoms with Crippen molar-refractivity contribution in [2.75, 3.05) is 5.32 Å². The fraction of sp³-hybridized carbons (Fsp3) is 0.0769. The Balaban J connectivity index is 2.25. The molecule has 3 nitrogen and oxygen atoms in total. The number of aryl methyl sites for hydroxylation is 1. The molecule has 0 aliphatic rings. The number of benzene rings is 1. The summed E-state index contributed by atoms with van der Waals surface area (Å²) < 4.78 is 0. The molecule has 0 bridgehead atoms. The van der Waals surface area contributed by atoms with Gasteiger partial charge in [0.05, 0.1) is 10.6 Å². The van der Waals surface area contributed by atoms with Crippen LogP contribution in [-0.4, -0.2) is 10.9 Å². The smallest absolute Gasteiger partial charge is 0.257 e. The summed E-state index contributed by atoms with van der Waals surface area (Å²) in [5, 5.41) is 3.72. The summed E-state index contributed by atoms with van der Waals surface area (Å²) in [6.45, 7) is 1.88. The van der Waals surface area contributed by atoms with Crippen LogP contribution < -0.4 is 5.32 Å². The summed E-state index contributed by atoms with van der Waals surface area (Å²) in [5.41, 5.74) is 1.78. The first kappa shape index (κ1) is 14.1. The van der Waals surface area contributed by atoms with E-state index in [0.717, 1.165) is 5.56 Å². The van der Waals surface area contributed by atoms with Crippen molar-refractivity contribution in [3.63, 3.8) is 0 Å². The van der Waals surface area contributed by atoms with Crippen molar-refractivity contribution in [2.45, 2.75) is 6.92 Å². The van der Waals surface area contributed by atoms with Crippen LogP contribution in [0, 0.1) is 6.92 Å². The Labute approximate surface area is 125 Å². The van der Waals surface area contributed by atoms with Gasteiger partial charge in [-0.15, -0.1) is 0 Å². The molecule has 0 fully saturated rings. The monoisotopic (exact) mass is 314 g/mol. The van der Waals surface area contributed by atoms with Gasteiger partial charge in [0.15, 0.2) is 0 Å². The van der Waals surface area contributed by atoms with Gasteiger partial charge in [0.2, 0.25) is 0 Å². The number of hydrogen-bond acceptors (Lipinski definition) is 2. The lowest BCUT2D eigenvalue weighted by atomic mass is 10.2. The first-order chi connectivity index (χ1) is 8.97. The van der Waals surface area contributed by atoms with Gasteiger partial charge in [-0.05, 0) is 30.7 Å². The second kappa shape index (κ2) is 5.78. The van der Waals surface area contributed by atoms with Crippen LogP contribution >= 0.6 is 34.8 Å². The molecule has 1 amide bonds. The minimum Gasteiger partial charge on any atom is -0.322 e. The third-order valence-corrected chi connectivity index (χ3v) is 3.41. The standard InChI is InChI=1S/C13H9Cl3N2O/c1-7-2-3-8(4-10(7)14)18-13(19)9-5-12(16)17-6-11(9)15/h2-6H,1H3,(H,18,19). The number of aromatic nitrogens is 1. The molecule has 2 aromatic rings. The van der Waals surface area contributed by atoms with Gasteiger partial charge in [-0.2, -0.15) is 0 Å². The van der Waals surface area contributed by atoms with Crippen LogP contribution in [0.1, 0.15) is 15.9 Å². The molecule has 1 aromatic heterocycles. The van der Waals surface area contributed by atoms with Gasteiger partial charge in [0.25, 0.3) is 5.91 Å². The average molecular weight is 316 g/mol. The van der Waals surface area contributed by atoms with Gasteiger partial charge in [-0.1, -0.05) is 40.9 Å². The van der Waals surface area contributed by atoms with E-state index >= 15 is 0 Å². The lowest BCUT2D eigenvalue weighted by Crippen LogP contribution is -2.12. The Morgan fingerprint density at radius 2 is 1.89 bits per heavy atom. The Morgan fingerprint density at radius 3 is 2.58 bits per heavy atom. The van der Waals surface area contributed by atoms with Crippen molar-refractivity contribution < 1.29 is 4.79 Å². The van der Waals surface area contributed by atoms with Gasteiger partial charge in [0.1, 0.15) is 5.15 Å². The molecule has 98 valence electrons. The second-order valence-electron chi connectivity index (χ2n) is 3.90. The quantitative estimate of drug-likeness (QED) is 0.823. The van der Waals surface area contributed by atoms with Crippen LogP contribution in [0.2, 0.25) is 15.2 Å².